The monoisotopic (exact) mass is 468 g/mol. The van der Waals surface area contributed by atoms with E-state index in [1.165, 1.54) is 38.5 Å². The average molecular weight is 469 g/mol. The quantitative estimate of drug-likeness (QED) is 0.400. The van der Waals surface area contributed by atoms with Crippen LogP contribution in [0.1, 0.15) is 44.3 Å². The maximum absolute atomic E-state index is 6.04. The summed E-state index contributed by atoms with van der Waals surface area (Å²) >= 11 is 11.9. The van der Waals surface area contributed by atoms with Gasteiger partial charge in [0.2, 0.25) is 4.77 Å². The largest absolute Gasteiger partial charge is 0.486 e. The SMILES string of the molecule is S=c1n(CN2CCC[C@@H]3CCCC[C@@H]32)nc(COc2ccc(Cl)cc2)n1-c1ccccc1. The number of para-hydroxylation sites is 1. The molecule has 3 aromatic rings. The molecule has 1 aliphatic heterocycles. The number of benzene rings is 2. The van der Waals surface area contributed by atoms with E-state index in [4.69, 9.17) is 33.7 Å². The van der Waals surface area contributed by atoms with Gasteiger partial charge in [-0.1, -0.05) is 42.6 Å². The van der Waals surface area contributed by atoms with E-state index < -0.39 is 0 Å². The minimum absolute atomic E-state index is 0.333. The molecule has 32 heavy (non-hydrogen) atoms. The van der Waals surface area contributed by atoms with Gasteiger partial charge in [0.1, 0.15) is 12.4 Å². The number of hydrogen-bond donors (Lipinski definition) is 0. The summed E-state index contributed by atoms with van der Waals surface area (Å²) < 4.78 is 10.8. The third-order valence-electron chi connectivity index (χ3n) is 6.78. The van der Waals surface area contributed by atoms with E-state index in [1.807, 2.05) is 51.7 Å². The smallest absolute Gasteiger partial charge is 0.203 e. The summed E-state index contributed by atoms with van der Waals surface area (Å²) in [5.74, 6) is 2.39. The first-order valence-electron chi connectivity index (χ1n) is 11.6. The second-order valence-electron chi connectivity index (χ2n) is 8.82. The molecule has 0 N–H and O–H groups in total. The zero-order valence-corrected chi connectivity index (χ0v) is 19.8. The van der Waals surface area contributed by atoms with Crippen LogP contribution in [0.4, 0.5) is 0 Å². The minimum atomic E-state index is 0.333. The highest BCUT2D eigenvalue weighted by molar-refractivity contribution is 7.71. The van der Waals surface area contributed by atoms with E-state index in [0.29, 0.717) is 22.4 Å². The normalized spacial score (nSPS) is 21.3. The second-order valence-corrected chi connectivity index (χ2v) is 9.62. The summed E-state index contributed by atoms with van der Waals surface area (Å²) in [4.78, 5) is 2.61. The summed E-state index contributed by atoms with van der Waals surface area (Å²) in [6, 6.07) is 18.2. The molecule has 5 nitrogen and oxygen atoms in total. The van der Waals surface area contributed by atoms with Crippen LogP contribution in [0.2, 0.25) is 5.02 Å². The predicted molar refractivity (Wildman–Crippen MR) is 130 cm³/mol. The molecular formula is C25H29ClN4OS. The third kappa shape index (κ3) is 4.63. The first-order valence-corrected chi connectivity index (χ1v) is 12.3. The number of nitrogens with zero attached hydrogens (tertiary/aromatic N) is 4. The van der Waals surface area contributed by atoms with Crippen molar-refractivity contribution in [3.63, 3.8) is 0 Å². The Morgan fingerprint density at radius 2 is 1.72 bits per heavy atom. The molecule has 0 radical (unpaired) electrons. The zero-order valence-electron chi connectivity index (χ0n) is 18.2. The molecular weight excluding hydrogens is 440 g/mol. The summed E-state index contributed by atoms with van der Waals surface area (Å²) in [5, 5.41) is 5.62. The molecule has 1 aromatic heterocycles. The number of piperidine rings is 1. The van der Waals surface area contributed by atoms with E-state index in [9.17, 15) is 0 Å². The van der Waals surface area contributed by atoms with Crippen LogP contribution in [0.5, 0.6) is 5.75 Å². The number of rotatable bonds is 6. The molecule has 7 heteroatoms. The van der Waals surface area contributed by atoms with Gasteiger partial charge in [-0.25, -0.2) is 4.68 Å². The molecule has 2 fully saturated rings. The highest BCUT2D eigenvalue weighted by Gasteiger charge is 2.33. The van der Waals surface area contributed by atoms with Gasteiger partial charge in [0.05, 0.1) is 6.67 Å². The van der Waals surface area contributed by atoms with Gasteiger partial charge in [0, 0.05) is 23.3 Å². The summed E-state index contributed by atoms with van der Waals surface area (Å²) in [6.45, 7) is 2.20. The van der Waals surface area contributed by atoms with Crippen molar-refractivity contribution in [1.29, 1.82) is 0 Å². The van der Waals surface area contributed by atoms with Crippen LogP contribution in [-0.4, -0.2) is 31.8 Å². The lowest BCUT2D eigenvalue weighted by molar-refractivity contribution is 0.0322. The molecule has 1 aliphatic carbocycles. The number of likely N-dealkylation sites (tertiary alicyclic amines) is 1. The Bertz CT molecular complexity index is 1090. The molecule has 0 amide bonds. The number of halogens is 1. The topological polar surface area (TPSA) is 35.2 Å². The van der Waals surface area contributed by atoms with Crippen LogP contribution in [0.15, 0.2) is 54.6 Å². The van der Waals surface area contributed by atoms with Crippen molar-refractivity contribution < 1.29 is 4.74 Å². The number of hydrogen-bond acceptors (Lipinski definition) is 4. The first kappa shape index (κ1) is 21.7. The van der Waals surface area contributed by atoms with E-state index in [2.05, 4.69) is 17.0 Å². The third-order valence-corrected chi connectivity index (χ3v) is 7.42. The fourth-order valence-corrected chi connectivity index (χ4v) is 5.66. The highest BCUT2D eigenvalue weighted by atomic mass is 35.5. The van der Waals surface area contributed by atoms with Gasteiger partial charge in [-0.15, -0.1) is 0 Å². The number of aromatic nitrogens is 3. The van der Waals surface area contributed by atoms with Gasteiger partial charge in [-0.05, 0) is 80.2 Å². The molecule has 2 atom stereocenters. The predicted octanol–water partition coefficient (Wildman–Crippen LogP) is 6.25. The van der Waals surface area contributed by atoms with E-state index in [-0.39, 0.29) is 0 Å². The minimum Gasteiger partial charge on any atom is -0.486 e. The van der Waals surface area contributed by atoms with Crippen LogP contribution in [0.25, 0.3) is 5.69 Å². The maximum Gasteiger partial charge on any atom is 0.203 e. The fraction of sp³-hybridized carbons (Fsp3) is 0.440. The summed E-state index contributed by atoms with van der Waals surface area (Å²) in [5.41, 5.74) is 1.01. The molecule has 2 heterocycles. The van der Waals surface area contributed by atoms with Crippen LogP contribution in [0.3, 0.4) is 0 Å². The number of fused-ring (bicyclic) bond motifs is 1. The zero-order chi connectivity index (χ0) is 21.9. The molecule has 168 valence electrons. The van der Waals surface area contributed by atoms with Crippen molar-refractivity contribution in [3.8, 4) is 11.4 Å². The molecule has 0 bridgehead atoms. The number of ether oxygens (including phenoxy) is 1. The standard InChI is InChI=1S/C25H29ClN4OS/c26-20-12-14-22(15-13-20)31-17-24-27-29(25(32)30(24)21-9-2-1-3-10-21)18-28-16-6-8-19-7-4-5-11-23(19)28/h1-3,9-10,12-15,19,23H,4-8,11,16-18H2/t19-,23-/m0/s1. The van der Waals surface area contributed by atoms with Crippen molar-refractivity contribution in [2.75, 3.05) is 6.54 Å². The Balaban J connectivity index is 1.43. The highest BCUT2D eigenvalue weighted by Crippen LogP contribution is 2.35. The lowest BCUT2D eigenvalue weighted by atomic mass is 9.78. The average Bonchev–Trinajstić information content (AvgIpc) is 3.14. The van der Waals surface area contributed by atoms with Crippen LogP contribution >= 0.6 is 23.8 Å². The fourth-order valence-electron chi connectivity index (χ4n) is 5.23. The molecule has 5 rings (SSSR count). The van der Waals surface area contributed by atoms with Gasteiger partial charge in [0.25, 0.3) is 0 Å². The van der Waals surface area contributed by atoms with Crippen molar-refractivity contribution >= 4 is 23.8 Å². The Morgan fingerprint density at radius 3 is 2.53 bits per heavy atom. The van der Waals surface area contributed by atoms with Crippen molar-refractivity contribution in [1.82, 2.24) is 19.2 Å². The second kappa shape index (κ2) is 9.77. The van der Waals surface area contributed by atoms with Gasteiger partial charge < -0.3 is 4.74 Å². The molecule has 2 aromatic carbocycles. The Morgan fingerprint density at radius 1 is 0.969 bits per heavy atom. The van der Waals surface area contributed by atoms with E-state index in [0.717, 1.165) is 36.4 Å². The lowest BCUT2D eigenvalue weighted by Crippen LogP contribution is -2.47. The van der Waals surface area contributed by atoms with Crippen LogP contribution < -0.4 is 4.74 Å². The van der Waals surface area contributed by atoms with E-state index in [1.54, 1.807) is 0 Å². The maximum atomic E-state index is 6.04. The van der Waals surface area contributed by atoms with Crippen molar-refractivity contribution in [3.05, 3.63) is 70.2 Å². The Hall–Kier alpha value is -2.15. The summed E-state index contributed by atoms with van der Waals surface area (Å²) in [6.07, 6.45) is 8.01. The first-order chi connectivity index (χ1) is 15.7. The summed E-state index contributed by atoms with van der Waals surface area (Å²) in [7, 11) is 0. The van der Waals surface area contributed by atoms with E-state index >= 15 is 0 Å². The lowest BCUT2D eigenvalue weighted by Gasteiger charge is -2.43. The Kier molecular flexibility index (Phi) is 6.62. The van der Waals surface area contributed by atoms with Crippen LogP contribution in [-0.2, 0) is 13.3 Å². The van der Waals surface area contributed by atoms with Crippen LogP contribution in [0, 0.1) is 10.7 Å². The molecule has 1 saturated carbocycles. The van der Waals surface area contributed by atoms with Gasteiger partial charge in [-0.3, -0.25) is 9.47 Å². The molecule has 1 saturated heterocycles. The molecule has 0 spiro atoms. The van der Waals surface area contributed by atoms with Gasteiger partial charge in [-0.2, -0.15) is 5.10 Å². The molecule has 0 unspecified atom stereocenters. The Labute approximate surface area is 199 Å². The molecule has 2 aliphatic rings. The van der Waals surface area contributed by atoms with Gasteiger partial charge in [0.15, 0.2) is 5.82 Å². The van der Waals surface area contributed by atoms with Gasteiger partial charge >= 0.3 is 0 Å². The van der Waals surface area contributed by atoms with Crippen molar-refractivity contribution in [2.45, 2.75) is 57.8 Å². The van der Waals surface area contributed by atoms with Crippen molar-refractivity contribution in [2.24, 2.45) is 5.92 Å².